The van der Waals surface area contributed by atoms with E-state index >= 15 is 0 Å². The first kappa shape index (κ1) is 15.3. The van der Waals surface area contributed by atoms with Gasteiger partial charge in [0.05, 0.1) is 12.6 Å². The molecule has 3 heteroatoms. The molecule has 0 aromatic heterocycles. The summed E-state index contributed by atoms with van der Waals surface area (Å²) < 4.78 is 0. The van der Waals surface area contributed by atoms with E-state index in [1.54, 1.807) is 4.90 Å². The van der Waals surface area contributed by atoms with Crippen LogP contribution < -0.4 is 0 Å². The van der Waals surface area contributed by atoms with Crippen LogP contribution in [0.2, 0.25) is 0 Å². The van der Waals surface area contributed by atoms with Crippen LogP contribution in [0.15, 0.2) is 54.6 Å². The minimum absolute atomic E-state index is 0.0346. The highest BCUT2D eigenvalue weighted by molar-refractivity contribution is 6.01. The highest BCUT2D eigenvalue weighted by Gasteiger charge is 2.21. The van der Waals surface area contributed by atoms with E-state index in [1.165, 1.54) is 0 Å². The van der Waals surface area contributed by atoms with Crippen molar-refractivity contribution in [2.75, 3.05) is 13.2 Å². The number of carbonyl (C=O) groups is 1. The molecule has 0 spiro atoms. The van der Waals surface area contributed by atoms with Gasteiger partial charge in [-0.2, -0.15) is 0 Å². The van der Waals surface area contributed by atoms with Crippen molar-refractivity contribution in [2.24, 2.45) is 0 Å². The van der Waals surface area contributed by atoms with Crippen LogP contribution in [-0.4, -0.2) is 35.1 Å². The predicted molar refractivity (Wildman–Crippen MR) is 85.1 cm³/mol. The molecule has 0 saturated heterocycles. The number of rotatable bonds is 5. The van der Waals surface area contributed by atoms with Gasteiger partial charge in [-0.15, -0.1) is 0 Å². The fraction of sp³-hybridized carbons (Fsp3) is 0.278. The van der Waals surface area contributed by atoms with Crippen LogP contribution in [0.4, 0.5) is 0 Å². The Morgan fingerprint density at radius 1 is 1.10 bits per heavy atom. The maximum Gasteiger partial charge on any atom is 0.254 e. The Kier molecular flexibility index (Phi) is 5.12. The molecule has 110 valence electrons. The van der Waals surface area contributed by atoms with Gasteiger partial charge in [0, 0.05) is 12.1 Å². The average molecular weight is 283 g/mol. The van der Waals surface area contributed by atoms with Gasteiger partial charge >= 0.3 is 0 Å². The van der Waals surface area contributed by atoms with Crippen LogP contribution in [0.1, 0.15) is 24.2 Å². The lowest BCUT2D eigenvalue weighted by atomic mass is 9.98. The number of carbonyl (C=O) groups excluding carboxylic acids is 1. The summed E-state index contributed by atoms with van der Waals surface area (Å²) >= 11 is 0. The molecule has 0 aliphatic rings. The van der Waals surface area contributed by atoms with E-state index in [1.807, 2.05) is 68.4 Å². The largest absolute Gasteiger partial charge is 0.394 e. The first-order chi connectivity index (χ1) is 10.2. The zero-order valence-electron chi connectivity index (χ0n) is 12.5. The van der Waals surface area contributed by atoms with Crippen LogP contribution in [0.3, 0.4) is 0 Å². The van der Waals surface area contributed by atoms with E-state index in [9.17, 15) is 9.90 Å². The third-order valence-electron chi connectivity index (χ3n) is 3.64. The van der Waals surface area contributed by atoms with E-state index in [2.05, 4.69) is 0 Å². The van der Waals surface area contributed by atoms with Crippen LogP contribution in [0.25, 0.3) is 11.1 Å². The molecule has 0 heterocycles. The quantitative estimate of drug-likeness (QED) is 0.915. The monoisotopic (exact) mass is 283 g/mol. The number of hydrogen-bond donors (Lipinski definition) is 1. The highest BCUT2D eigenvalue weighted by atomic mass is 16.3. The fourth-order valence-electron chi connectivity index (χ4n) is 2.45. The number of aliphatic hydroxyl groups is 1. The lowest BCUT2D eigenvalue weighted by Crippen LogP contribution is -2.40. The maximum absolute atomic E-state index is 12.8. The van der Waals surface area contributed by atoms with Crippen molar-refractivity contribution in [3.05, 3.63) is 60.2 Å². The second-order valence-electron chi connectivity index (χ2n) is 5.03. The SMILES string of the molecule is CCN(C(=O)c1ccccc1-c1ccccc1)[C@@H](C)CO. The van der Waals surface area contributed by atoms with Gasteiger partial charge in [-0.1, -0.05) is 48.5 Å². The third kappa shape index (κ3) is 3.31. The minimum Gasteiger partial charge on any atom is -0.394 e. The van der Waals surface area contributed by atoms with Gasteiger partial charge in [0.1, 0.15) is 0 Å². The summed E-state index contributed by atoms with van der Waals surface area (Å²) in [6.07, 6.45) is 0. The Hall–Kier alpha value is -2.13. The summed E-state index contributed by atoms with van der Waals surface area (Å²) in [5.74, 6) is -0.0431. The van der Waals surface area contributed by atoms with Crippen molar-refractivity contribution in [3.8, 4) is 11.1 Å². The molecule has 0 radical (unpaired) electrons. The molecule has 0 unspecified atom stereocenters. The van der Waals surface area contributed by atoms with E-state index in [0.717, 1.165) is 11.1 Å². The van der Waals surface area contributed by atoms with Crippen LogP contribution in [0, 0.1) is 0 Å². The number of benzene rings is 2. The standard InChI is InChI=1S/C18H21NO2/c1-3-19(14(2)13-20)18(21)17-12-8-7-11-16(17)15-9-5-4-6-10-15/h4-12,14,20H,3,13H2,1-2H3/t14-/m0/s1. The van der Waals surface area contributed by atoms with Gasteiger partial charge in [0.15, 0.2) is 0 Å². The van der Waals surface area contributed by atoms with E-state index < -0.39 is 0 Å². The van der Waals surface area contributed by atoms with Crippen LogP contribution in [-0.2, 0) is 0 Å². The second kappa shape index (κ2) is 7.04. The van der Waals surface area contributed by atoms with E-state index in [4.69, 9.17) is 0 Å². The molecule has 0 bridgehead atoms. The number of amides is 1. The van der Waals surface area contributed by atoms with E-state index in [-0.39, 0.29) is 18.6 Å². The molecule has 2 aromatic rings. The number of likely N-dealkylation sites (N-methyl/N-ethyl adjacent to an activating group) is 1. The zero-order chi connectivity index (χ0) is 15.2. The fourth-order valence-corrected chi connectivity index (χ4v) is 2.45. The minimum atomic E-state index is -0.189. The molecule has 3 nitrogen and oxygen atoms in total. The van der Waals surface area contributed by atoms with Crippen molar-refractivity contribution in [1.82, 2.24) is 4.90 Å². The first-order valence-electron chi connectivity index (χ1n) is 7.25. The molecule has 2 aromatic carbocycles. The molecule has 21 heavy (non-hydrogen) atoms. The second-order valence-corrected chi connectivity index (χ2v) is 5.03. The van der Waals surface area contributed by atoms with Crippen LogP contribution in [0.5, 0.6) is 0 Å². The third-order valence-corrected chi connectivity index (χ3v) is 3.64. The van der Waals surface area contributed by atoms with Crippen molar-refractivity contribution >= 4 is 5.91 Å². The molecule has 0 fully saturated rings. The number of hydrogen-bond acceptors (Lipinski definition) is 2. The normalized spacial score (nSPS) is 12.0. The topological polar surface area (TPSA) is 40.5 Å². The molecule has 0 aliphatic heterocycles. The molecular formula is C18H21NO2. The van der Waals surface area contributed by atoms with Crippen molar-refractivity contribution in [3.63, 3.8) is 0 Å². The first-order valence-corrected chi connectivity index (χ1v) is 7.25. The Morgan fingerprint density at radius 3 is 2.33 bits per heavy atom. The van der Waals surface area contributed by atoms with Gasteiger partial charge in [-0.25, -0.2) is 0 Å². The van der Waals surface area contributed by atoms with Gasteiger partial charge in [0.2, 0.25) is 0 Å². The highest BCUT2D eigenvalue weighted by Crippen LogP contribution is 2.25. The van der Waals surface area contributed by atoms with Crippen molar-refractivity contribution in [2.45, 2.75) is 19.9 Å². The lowest BCUT2D eigenvalue weighted by molar-refractivity contribution is 0.0633. The van der Waals surface area contributed by atoms with Gasteiger partial charge < -0.3 is 10.0 Å². The lowest BCUT2D eigenvalue weighted by Gasteiger charge is -2.27. The average Bonchev–Trinajstić information content (AvgIpc) is 2.56. The maximum atomic E-state index is 12.8. The Labute approximate surface area is 125 Å². The molecular weight excluding hydrogens is 262 g/mol. The number of nitrogens with zero attached hydrogens (tertiary/aromatic N) is 1. The number of aliphatic hydroxyl groups excluding tert-OH is 1. The summed E-state index contributed by atoms with van der Waals surface area (Å²) in [6.45, 7) is 4.32. The van der Waals surface area contributed by atoms with Gasteiger partial charge in [0.25, 0.3) is 5.91 Å². The zero-order valence-corrected chi connectivity index (χ0v) is 12.5. The van der Waals surface area contributed by atoms with Gasteiger partial charge in [-0.3, -0.25) is 4.79 Å². The summed E-state index contributed by atoms with van der Waals surface area (Å²) in [5, 5.41) is 9.32. The Balaban J connectivity index is 2.43. The summed E-state index contributed by atoms with van der Waals surface area (Å²) in [6, 6.07) is 17.3. The molecule has 1 amide bonds. The predicted octanol–water partition coefficient (Wildman–Crippen LogP) is 3.20. The summed E-state index contributed by atoms with van der Waals surface area (Å²) in [5.41, 5.74) is 2.62. The van der Waals surface area contributed by atoms with Crippen LogP contribution >= 0.6 is 0 Å². The van der Waals surface area contributed by atoms with E-state index in [0.29, 0.717) is 12.1 Å². The molecule has 0 saturated carbocycles. The summed E-state index contributed by atoms with van der Waals surface area (Å²) in [7, 11) is 0. The molecule has 2 rings (SSSR count). The Bertz CT molecular complexity index is 595. The molecule has 0 aliphatic carbocycles. The van der Waals surface area contributed by atoms with Crippen molar-refractivity contribution in [1.29, 1.82) is 0 Å². The van der Waals surface area contributed by atoms with Crippen molar-refractivity contribution < 1.29 is 9.90 Å². The summed E-state index contributed by atoms with van der Waals surface area (Å²) in [4.78, 5) is 14.5. The molecule has 1 atom stereocenters. The van der Waals surface area contributed by atoms with Gasteiger partial charge in [-0.05, 0) is 31.0 Å². The molecule has 1 N–H and O–H groups in total. The smallest absolute Gasteiger partial charge is 0.254 e. The Morgan fingerprint density at radius 2 is 1.71 bits per heavy atom.